The van der Waals surface area contributed by atoms with E-state index in [1.165, 1.54) is 5.56 Å². The molecule has 1 amide bonds. The summed E-state index contributed by atoms with van der Waals surface area (Å²) in [6, 6.07) is 17.9. The number of halogens is 1. The van der Waals surface area contributed by atoms with E-state index in [0.29, 0.717) is 24.5 Å². The van der Waals surface area contributed by atoms with E-state index >= 15 is 0 Å². The lowest BCUT2D eigenvalue weighted by molar-refractivity contribution is -0.121. The average molecular weight is 331 g/mol. The summed E-state index contributed by atoms with van der Waals surface area (Å²) in [6.45, 7) is 2.19. The van der Waals surface area contributed by atoms with Gasteiger partial charge in [0.05, 0.1) is 0 Å². The molecule has 122 valence electrons. The van der Waals surface area contributed by atoms with Crippen LogP contribution in [0.2, 0.25) is 5.02 Å². The molecule has 0 aliphatic heterocycles. The Morgan fingerprint density at radius 1 is 0.913 bits per heavy atom. The van der Waals surface area contributed by atoms with Gasteiger partial charge in [-0.05, 0) is 42.6 Å². The average Bonchev–Trinajstić information content (AvgIpc) is 2.58. The molecule has 0 saturated heterocycles. The predicted molar refractivity (Wildman–Crippen MR) is 95.5 cm³/mol. The number of rotatable bonds is 9. The van der Waals surface area contributed by atoms with E-state index in [1.54, 1.807) is 0 Å². The highest BCUT2D eigenvalue weighted by Crippen LogP contribution is 2.09. The van der Waals surface area contributed by atoms with Crippen LogP contribution < -0.4 is 10.6 Å². The van der Waals surface area contributed by atoms with Crippen molar-refractivity contribution in [3.63, 3.8) is 0 Å². The van der Waals surface area contributed by atoms with E-state index in [1.807, 2.05) is 30.3 Å². The standard InChI is InChI=1S/C19H23ClN2O/c20-18-10-8-17(9-11-18)15-22-19(23)12-14-21-13-4-7-16-5-2-1-3-6-16/h1-3,5-6,8-11,21H,4,7,12-15H2,(H,22,23). The molecule has 4 heteroatoms. The van der Waals surface area contributed by atoms with Crippen LogP contribution in [-0.2, 0) is 17.8 Å². The summed E-state index contributed by atoms with van der Waals surface area (Å²) in [6.07, 6.45) is 2.64. The van der Waals surface area contributed by atoms with Gasteiger partial charge in [-0.3, -0.25) is 4.79 Å². The normalized spacial score (nSPS) is 10.5. The van der Waals surface area contributed by atoms with Crippen molar-refractivity contribution in [3.8, 4) is 0 Å². The van der Waals surface area contributed by atoms with Gasteiger partial charge in [0.2, 0.25) is 5.91 Å². The molecule has 2 aromatic rings. The van der Waals surface area contributed by atoms with Crippen LogP contribution in [0.4, 0.5) is 0 Å². The SMILES string of the molecule is O=C(CCNCCCc1ccccc1)NCc1ccc(Cl)cc1. The largest absolute Gasteiger partial charge is 0.352 e. The van der Waals surface area contributed by atoms with Crippen molar-refractivity contribution in [1.82, 2.24) is 10.6 Å². The van der Waals surface area contributed by atoms with Crippen molar-refractivity contribution in [2.45, 2.75) is 25.8 Å². The molecule has 0 atom stereocenters. The third-order valence-corrected chi connectivity index (χ3v) is 3.85. The molecular formula is C19H23ClN2O. The Bertz CT molecular complexity index is 584. The van der Waals surface area contributed by atoms with Gasteiger partial charge in [-0.1, -0.05) is 54.1 Å². The van der Waals surface area contributed by atoms with Crippen molar-refractivity contribution in [2.24, 2.45) is 0 Å². The second kappa shape index (κ2) is 10.0. The van der Waals surface area contributed by atoms with Crippen LogP contribution in [0.25, 0.3) is 0 Å². The fourth-order valence-corrected chi connectivity index (χ4v) is 2.41. The number of nitrogens with one attached hydrogen (secondary N) is 2. The summed E-state index contributed by atoms with van der Waals surface area (Å²) in [7, 11) is 0. The van der Waals surface area contributed by atoms with Gasteiger partial charge < -0.3 is 10.6 Å². The summed E-state index contributed by atoms with van der Waals surface area (Å²) in [5.41, 5.74) is 2.41. The van der Waals surface area contributed by atoms with Crippen LogP contribution in [0.3, 0.4) is 0 Å². The van der Waals surface area contributed by atoms with Crippen molar-refractivity contribution in [1.29, 1.82) is 0 Å². The van der Waals surface area contributed by atoms with Crippen LogP contribution in [0, 0.1) is 0 Å². The fraction of sp³-hybridized carbons (Fsp3) is 0.316. The minimum atomic E-state index is 0.0653. The molecule has 0 radical (unpaired) electrons. The van der Waals surface area contributed by atoms with Crippen molar-refractivity contribution >= 4 is 17.5 Å². The minimum absolute atomic E-state index is 0.0653. The lowest BCUT2D eigenvalue weighted by Gasteiger charge is -2.07. The van der Waals surface area contributed by atoms with E-state index in [0.717, 1.165) is 24.9 Å². The number of hydrogen-bond acceptors (Lipinski definition) is 2. The summed E-state index contributed by atoms with van der Waals surface area (Å²) in [4.78, 5) is 11.8. The molecule has 0 bridgehead atoms. The number of benzene rings is 2. The zero-order valence-corrected chi connectivity index (χ0v) is 14.0. The monoisotopic (exact) mass is 330 g/mol. The quantitative estimate of drug-likeness (QED) is 0.690. The highest BCUT2D eigenvalue weighted by molar-refractivity contribution is 6.30. The predicted octanol–water partition coefficient (Wildman–Crippen LogP) is 3.57. The number of aryl methyl sites for hydroxylation is 1. The number of amides is 1. The Kier molecular flexibility index (Phi) is 7.64. The molecule has 3 nitrogen and oxygen atoms in total. The molecule has 0 aliphatic rings. The Morgan fingerprint density at radius 3 is 2.39 bits per heavy atom. The second-order valence-electron chi connectivity index (χ2n) is 5.49. The lowest BCUT2D eigenvalue weighted by atomic mass is 10.1. The molecule has 2 aromatic carbocycles. The van der Waals surface area contributed by atoms with Crippen molar-refractivity contribution in [2.75, 3.05) is 13.1 Å². The Morgan fingerprint density at radius 2 is 1.65 bits per heavy atom. The number of carbonyl (C=O) groups excluding carboxylic acids is 1. The van der Waals surface area contributed by atoms with Gasteiger partial charge in [-0.2, -0.15) is 0 Å². The Balaban J connectivity index is 1.50. The van der Waals surface area contributed by atoms with E-state index in [9.17, 15) is 4.79 Å². The van der Waals surface area contributed by atoms with Gasteiger partial charge in [0.15, 0.2) is 0 Å². The van der Waals surface area contributed by atoms with Gasteiger partial charge in [-0.15, -0.1) is 0 Å². The molecule has 0 spiro atoms. The van der Waals surface area contributed by atoms with E-state index in [-0.39, 0.29) is 5.91 Å². The van der Waals surface area contributed by atoms with Gasteiger partial charge in [0, 0.05) is 24.5 Å². The maximum absolute atomic E-state index is 11.8. The van der Waals surface area contributed by atoms with Crippen LogP contribution in [0.5, 0.6) is 0 Å². The molecule has 2 N–H and O–H groups in total. The smallest absolute Gasteiger partial charge is 0.221 e. The zero-order chi connectivity index (χ0) is 16.3. The molecule has 0 aliphatic carbocycles. The highest BCUT2D eigenvalue weighted by atomic mass is 35.5. The lowest BCUT2D eigenvalue weighted by Crippen LogP contribution is -2.27. The summed E-state index contributed by atoms with van der Waals surface area (Å²) in [5.74, 6) is 0.0653. The van der Waals surface area contributed by atoms with Crippen molar-refractivity contribution < 1.29 is 4.79 Å². The topological polar surface area (TPSA) is 41.1 Å². The maximum Gasteiger partial charge on any atom is 0.221 e. The van der Waals surface area contributed by atoms with Crippen LogP contribution >= 0.6 is 11.6 Å². The van der Waals surface area contributed by atoms with Gasteiger partial charge in [0.25, 0.3) is 0 Å². The van der Waals surface area contributed by atoms with Crippen LogP contribution in [-0.4, -0.2) is 19.0 Å². The fourth-order valence-electron chi connectivity index (χ4n) is 2.28. The Labute approximate surface area is 143 Å². The second-order valence-corrected chi connectivity index (χ2v) is 5.93. The summed E-state index contributed by atoms with van der Waals surface area (Å²) in [5, 5.41) is 6.94. The van der Waals surface area contributed by atoms with E-state index in [4.69, 9.17) is 11.6 Å². The van der Waals surface area contributed by atoms with E-state index in [2.05, 4.69) is 34.9 Å². The molecule has 23 heavy (non-hydrogen) atoms. The van der Waals surface area contributed by atoms with Crippen LogP contribution in [0.15, 0.2) is 54.6 Å². The molecule has 0 heterocycles. The Hall–Kier alpha value is -1.84. The minimum Gasteiger partial charge on any atom is -0.352 e. The summed E-state index contributed by atoms with van der Waals surface area (Å²) < 4.78 is 0. The number of carbonyl (C=O) groups is 1. The first-order valence-electron chi connectivity index (χ1n) is 8.00. The molecule has 0 unspecified atom stereocenters. The van der Waals surface area contributed by atoms with Gasteiger partial charge in [0.1, 0.15) is 0 Å². The maximum atomic E-state index is 11.8. The molecule has 0 saturated carbocycles. The van der Waals surface area contributed by atoms with E-state index < -0.39 is 0 Å². The molecular weight excluding hydrogens is 308 g/mol. The highest BCUT2D eigenvalue weighted by Gasteiger charge is 2.01. The van der Waals surface area contributed by atoms with Crippen LogP contribution in [0.1, 0.15) is 24.0 Å². The third-order valence-electron chi connectivity index (χ3n) is 3.59. The molecule has 0 fully saturated rings. The zero-order valence-electron chi connectivity index (χ0n) is 13.2. The number of hydrogen-bond donors (Lipinski definition) is 2. The summed E-state index contributed by atoms with van der Waals surface area (Å²) >= 11 is 5.83. The molecule has 2 rings (SSSR count). The van der Waals surface area contributed by atoms with Crippen molar-refractivity contribution in [3.05, 3.63) is 70.7 Å². The first-order chi connectivity index (χ1) is 11.2. The molecule has 0 aromatic heterocycles. The van der Waals surface area contributed by atoms with Gasteiger partial charge >= 0.3 is 0 Å². The first-order valence-corrected chi connectivity index (χ1v) is 8.37. The van der Waals surface area contributed by atoms with Gasteiger partial charge in [-0.25, -0.2) is 0 Å². The third kappa shape index (κ3) is 7.31. The first kappa shape index (κ1) is 17.5.